The van der Waals surface area contributed by atoms with E-state index < -0.39 is 0 Å². The fourth-order valence-corrected chi connectivity index (χ4v) is 2.47. The highest BCUT2D eigenvalue weighted by Crippen LogP contribution is 2.30. The molecule has 0 amide bonds. The molecule has 0 atom stereocenters. The van der Waals surface area contributed by atoms with Crippen LogP contribution in [0.4, 0.5) is 0 Å². The Morgan fingerprint density at radius 1 is 1.37 bits per heavy atom. The first-order valence-electron chi connectivity index (χ1n) is 6.49. The summed E-state index contributed by atoms with van der Waals surface area (Å²) in [5.74, 6) is 1.08. The highest BCUT2D eigenvalue weighted by molar-refractivity contribution is 6.01. The summed E-state index contributed by atoms with van der Waals surface area (Å²) in [6, 6.07) is 5.72. The van der Waals surface area contributed by atoms with E-state index in [0.29, 0.717) is 13.0 Å². The standard InChI is InChI=1S/C15H16N2O2/c1-17-10-11(9-16-17)7-8-19-15-4-2-3-12-13(15)5-6-14(12)18/h2-4,9-10H,5-8H2,1H3. The van der Waals surface area contributed by atoms with Gasteiger partial charge in [0, 0.05) is 37.2 Å². The van der Waals surface area contributed by atoms with Gasteiger partial charge in [0.25, 0.3) is 0 Å². The summed E-state index contributed by atoms with van der Waals surface area (Å²) in [6.07, 6.45) is 6.08. The highest BCUT2D eigenvalue weighted by Gasteiger charge is 2.22. The zero-order valence-corrected chi connectivity index (χ0v) is 10.9. The van der Waals surface area contributed by atoms with E-state index >= 15 is 0 Å². The normalized spacial score (nSPS) is 13.6. The molecule has 0 bridgehead atoms. The minimum absolute atomic E-state index is 0.229. The Hall–Kier alpha value is -2.10. The molecule has 98 valence electrons. The van der Waals surface area contributed by atoms with Crippen molar-refractivity contribution in [2.24, 2.45) is 7.05 Å². The van der Waals surface area contributed by atoms with Gasteiger partial charge in [0.1, 0.15) is 5.75 Å². The SMILES string of the molecule is Cn1cc(CCOc2cccc3c2CCC3=O)cn1. The van der Waals surface area contributed by atoms with Gasteiger partial charge in [-0.25, -0.2) is 0 Å². The van der Waals surface area contributed by atoms with Crippen molar-refractivity contribution in [3.63, 3.8) is 0 Å². The van der Waals surface area contributed by atoms with E-state index in [1.54, 1.807) is 4.68 Å². The molecule has 0 radical (unpaired) electrons. The maximum atomic E-state index is 11.6. The van der Waals surface area contributed by atoms with Gasteiger partial charge in [0.15, 0.2) is 5.78 Å². The van der Waals surface area contributed by atoms with Crippen LogP contribution in [0.15, 0.2) is 30.6 Å². The van der Waals surface area contributed by atoms with Crippen LogP contribution < -0.4 is 4.74 Å². The van der Waals surface area contributed by atoms with Gasteiger partial charge in [-0.2, -0.15) is 5.10 Å². The Bertz CT molecular complexity index is 616. The average Bonchev–Trinajstić information content (AvgIpc) is 2.98. The Balaban J connectivity index is 1.66. The second-order valence-corrected chi connectivity index (χ2v) is 4.83. The molecule has 3 rings (SSSR count). The largest absolute Gasteiger partial charge is 0.493 e. The summed E-state index contributed by atoms with van der Waals surface area (Å²) in [6.45, 7) is 0.607. The first-order chi connectivity index (χ1) is 9.24. The van der Waals surface area contributed by atoms with Crippen molar-refractivity contribution >= 4 is 5.78 Å². The van der Waals surface area contributed by atoms with Crippen molar-refractivity contribution in [2.75, 3.05) is 6.61 Å². The quantitative estimate of drug-likeness (QED) is 0.842. The summed E-state index contributed by atoms with van der Waals surface area (Å²) >= 11 is 0. The maximum absolute atomic E-state index is 11.6. The predicted molar refractivity (Wildman–Crippen MR) is 71.5 cm³/mol. The van der Waals surface area contributed by atoms with Crippen LogP contribution in [0, 0.1) is 0 Å². The molecule has 0 aliphatic heterocycles. The molecule has 4 nitrogen and oxygen atoms in total. The topological polar surface area (TPSA) is 44.1 Å². The number of rotatable bonds is 4. The van der Waals surface area contributed by atoms with Crippen LogP contribution >= 0.6 is 0 Å². The molecular formula is C15H16N2O2. The fraction of sp³-hybridized carbons (Fsp3) is 0.333. The number of carbonyl (C=O) groups excluding carboxylic acids is 1. The van der Waals surface area contributed by atoms with Gasteiger partial charge < -0.3 is 4.74 Å². The summed E-state index contributed by atoms with van der Waals surface area (Å²) < 4.78 is 7.61. The highest BCUT2D eigenvalue weighted by atomic mass is 16.5. The number of hydrogen-bond donors (Lipinski definition) is 0. The molecule has 1 heterocycles. The molecule has 1 aliphatic carbocycles. The second kappa shape index (κ2) is 4.88. The molecular weight excluding hydrogens is 240 g/mol. The Morgan fingerprint density at radius 2 is 2.26 bits per heavy atom. The van der Waals surface area contributed by atoms with Crippen LogP contribution in [-0.2, 0) is 19.9 Å². The molecule has 0 saturated carbocycles. The van der Waals surface area contributed by atoms with E-state index in [1.807, 2.05) is 37.6 Å². The number of hydrogen-bond acceptors (Lipinski definition) is 3. The average molecular weight is 256 g/mol. The fourth-order valence-electron chi connectivity index (χ4n) is 2.47. The van der Waals surface area contributed by atoms with Gasteiger partial charge in [0.2, 0.25) is 0 Å². The summed E-state index contributed by atoms with van der Waals surface area (Å²) in [4.78, 5) is 11.6. The third-order valence-electron chi connectivity index (χ3n) is 3.44. The molecule has 4 heteroatoms. The lowest BCUT2D eigenvalue weighted by Gasteiger charge is -2.09. The minimum atomic E-state index is 0.229. The Kier molecular flexibility index (Phi) is 3.07. The maximum Gasteiger partial charge on any atom is 0.163 e. The van der Waals surface area contributed by atoms with E-state index in [2.05, 4.69) is 5.10 Å². The number of aryl methyl sites for hydroxylation is 1. The van der Waals surface area contributed by atoms with Crippen LogP contribution in [0.1, 0.15) is 27.9 Å². The van der Waals surface area contributed by atoms with Crippen molar-refractivity contribution in [3.8, 4) is 5.75 Å². The number of benzene rings is 1. The number of ketones is 1. The molecule has 0 spiro atoms. The molecule has 1 aromatic heterocycles. The number of aromatic nitrogens is 2. The number of fused-ring (bicyclic) bond motifs is 1. The van der Waals surface area contributed by atoms with Gasteiger partial charge in [-0.3, -0.25) is 9.48 Å². The number of ether oxygens (including phenoxy) is 1. The lowest BCUT2D eigenvalue weighted by atomic mass is 10.1. The van der Waals surface area contributed by atoms with Gasteiger partial charge >= 0.3 is 0 Å². The number of Topliss-reactive ketones (excluding diaryl/α,β-unsaturated/α-hetero) is 1. The molecule has 1 aromatic carbocycles. The summed E-state index contributed by atoms with van der Waals surface area (Å²) in [7, 11) is 1.90. The van der Waals surface area contributed by atoms with Crippen molar-refractivity contribution in [1.29, 1.82) is 0 Å². The molecule has 0 N–H and O–H groups in total. The molecule has 1 aliphatic rings. The van der Waals surface area contributed by atoms with Crippen LogP contribution in [0.25, 0.3) is 0 Å². The predicted octanol–water partition coefficient (Wildman–Crippen LogP) is 2.17. The Morgan fingerprint density at radius 3 is 3.05 bits per heavy atom. The van der Waals surface area contributed by atoms with Gasteiger partial charge in [-0.05, 0) is 18.1 Å². The number of nitrogens with zero attached hydrogens (tertiary/aromatic N) is 2. The first-order valence-corrected chi connectivity index (χ1v) is 6.49. The van der Waals surface area contributed by atoms with Crippen molar-refractivity contribution in [3.05, 3.63) is 47.3 Å². The smallest absolute Gasteiger partial charge is 0.163 e. The van der Waals surface area contributed by atoms with Crippen LogP contribution in [-0.4, -0.2) is 22.2 Å². The van der Waals surface area contributed by atoms with E-state index in [9.17, 15) is 4.79 Å². The molecule has 0 fully saturated rings. The lowest BCUT2D eigenvalue weighted by molar-refractivity contribution is 0.0994. The van der Waals surface area contributed by atoms with Crippen molar-refractivity contribution < 1.29 is 9.53 Å². The van der Waals surface area contributed by atoms with Crippen LogP contribution in [0.5, 0.6) is 5.75 Å². The van der Waals surface area contributed by atoms with Crippen molar-refractivity contribution in [2.45, 2.75) is 19.3 Å². The van der Waals surface area contributed by atoms with E-state index in [1.165, 1.54) is 0 Å². The molecule has 0 saturated heterocycles. The minimum Gasteiger partial charge on any atom is -0.493 e. The third kappa shape index (κ3) is 2.38. The van der Waals surface area contributed by atoms with Gasteiger partial charge in [0.05, 0.1) is 12.8 Å². The second-order valence-electron chi connectivity index (χ2n) is 4.83. The van der Waals surface area contributed by atoms with E-state index in [4.69, 9.17) is 4.74 Å². The molecule has 0 unspecified atom stereocenters. The van der Waals surface area contributed by atoms with Gasteiger partial charge in [-0.15, -0.1) is 0 Å². The van der Waals surface area contributed by atoms with Gasteiger partial charge in [-0.1, -0.05) is 12.1 Å². The van der Waals surface area contributed by atoms with Crippen LogP contribution in [0.3, 0.4) is 0 Å². The zero-order chi connectivity index (χ0) is 13.2. The molecule has 2 aromatic rings. The third-order valence-corrected chi connectivity index (χ3v) is 3.44. The molecule has 19 heavy (non-hydrogen) atoms. The lowest BCUT2D eigenvalue weighted by Crippen LogP contribution is -2.03. The zero-order valence-electron chi connectivity index (χ0n) is 10.9. The monoisotopic (exact) mass is 256 g/mol. The first kappa shape index (κ1) is 12.0. The van der Waals surface area contributed by atoms with Crippen LogP contribution in [0.2, 0.25) is 0 Å². The van der Waals surface area contributed by atoms with E-state index in [0.717, 1.165) is 35.3 Å². The van der Waals surface area contributed by atoms with E-state index in [-0.39, 0.29) is 5.78 Å². The summed E-state index contributed by atoms with van der Waals surface area (Å²) in [5.41, 5.74) is 3.06. The van der Waals surface area contributed by atoms with Crippen molar-refractivity contribution in [1.82, 2.24) is 9.78 Å². The Labute approximate surface area is 112 Å². The summed E-state index contributed by atoms with van der Waals surface area (Å²) in [5, 5.41) is 4.13. The number of carbonyl (C=O) groups is 1.